The molecule has 3 aromatic rings. The number of ether oxygens (including phenoxy) is 2. The Labute approximate surface area is 192 Å². The first-order chi connectivity index (χ1) is 14.9. The Morgan fingerprint density at radius 1 is 0.935 bits per heavy atom. The molecule has 0 bridgehead atoms. The summed E-state index contributed by atoms with van der Waals surface area (Å²) >= 11 is 12.2. The van der Waals surface area contributed by atoms with E-state index in [0.717, 1.165) is 22.4 Å². The Morgan fingerprint density at radius 2 is 1.71 bits per heavy atom. The molecule has 1 amide bonds. The summed E-state index contributed by atoms with van der Waals surface area (Å²) in [7, 11) is 1.56. The third-order valence-electron chi connectivity index (χ3n) is 4.72. The van der Waals surface area contributed by atoms with Crippen molar-refractivity contribution in [1.29, 1.82) is 0 Å². The third kappa shape index (κ3) is 6.29. The van der Waals surface area contributed by atoms with Crippen LogP contribution in [0.4, 0.5) is 11.4 Å². The minimum absolute atomic E-state index is 0.152. The van der Waals surface area contributed by atoms with Gasteiger partial charge in [0.15, 0.2) is 18.1 Å². The largest absolute Gasteiger partial charge is 0.493 e. The van der Waals surface area contributed by atoms with Crippen LogP contribution in [0.15, 0.2) is 54.6 Å². The standard InChI is InChI=1S/C24H24Cl2N2O3/c1-15-5-8-19(12-20(15)26)28-24(29)14-31-22-9-6-17(10-23(22)30-3)13-27-21-11-18(25)7-4-16(21)2/h4-12,27H,13-14H2,1-3H3,(H,28,29). The molecule has 31 heavy (non-hydrogen) atoms. The first-order valence-electron chi connectivity index (χ1n) is 9.71. The van der Waals surface area contributed by atoms with Gasteiger partial charge in [0.05, 0.1) is 7.11 Å². The molecular formula is C24H24Cl2N2O3. The second-order valence-electron chi connectivity index (χ2n) is 7.10. The number of anilines is 2. The van der Waals surface area contributed by atoms with E-state index in [1.807, 2.05) is 50.2 Å². The highest BCUT2D eigenvalue weighted by Gasteiger charge is 2.10. The predicted octanol–water partition coefficient (Wildman–Crippen LogP) is 6.25. The van der Waals surface area contributed by atoms with Crippen LogP contribution >= 0.6 is 23.2 Å². The molecule has 0 unspecified atom stereocenters. The fourth-order valence-electron chi connectivity index (χ4n) is 2.93. The number of carbonyl (C=O) groups excluding carboxylic acids is 1. The van der Waals surface area contributed by atoms with E-state index in [9.17, 15) is 4.79 Å². The van der Waals surface area contributed by atoms with Gasteiger partial charge in [-0.3, -0.25) is 4.79 Å². The van der Waals surface area contributed by atoms with E-state index in [-0.39, 0.29) is 12.5 Å². The lowest BCUT2D eigenvalue weighted by Crippen LogP contribution is -2.20. The number of aryl methyl sites for hydroxylation is 2. The quantitative estimate of drug-likeness (QED) is 0.418. The number of hydrogen-bond donors (Lipinski definition) is 2. The summed E-state index contributed by atoms with van der Waals surface area (Å²) in [6.07, 6.45) is 0. The minimum atomic E-state index is -0.288. The van der Waals surface area contributed by atoms with Gasteiger partial charge in [0, 0.05) is 28.0 Å². The Kier molecular flexibility index (Phi) is 7.66. The summed E-state index contributed by atoms with van der Waals surface area (Å²) in [6.45, 7) is 4.36. The normalized spacial score (nSPS) is 10.5. The number of halogens is 2. The van der Waals surface area contributed by atoms with Crippen LogP contribution in [0.3, 0.4) is 0 Å². The first kappa shape index (κ1) is 22.8. The molecule has 0 aliphatic heterocycles. The third-order valence-corrected chi connectivity index (χ3v) is 5.37. The lowest BCUT2D eigenvalue weighted by molar-refractivity contribution is -0.118. The molecule has 7 heteroatoms. The van der Waals surface area contributed by atoms with Crippen molar-refractivity contribution >= 4 is 40.5 Å². The molecule has 3 rings (SSSR count). The molecule has 0 atom stereocenters. The summed E-state index contributed by atoms with van der Waals surface area (Å²) in [4.78, 5) is 12.2. The molecule has 0 fully saturated rings. The number of benzene rings is 3. The van der Waals surface area contributed by atoms with Crippen molar-refractivity contribution in [1.82, 2.24) is 0 Å². The molecule has 0 aliphatic rings. The smallest absolute Gasteiger partial charge is 0.262 e. The van der Waals surface area contributed by atoms with Crippen LogP contribution < -0.4 is 20.1 Å². The van der Waals surface area contributed by atoms with E-state index in [4.69, 9.17) is 32.7 Å². The molecule has 0 aromatic heterocycles. The number of hydrogen-bond acceptors (Lipinski definition) is 4. The Morgan fingerprint density at radius 3 is 2.45 bits per heavy atom. The van der Waals surface area contributed by atoms with Crippen molar-refractivity contribution in [3.05, 3.63) is 81.3 Å². The molecule has 0 spiro atoms. The number of methoxy groups -OCH3 is 1. The maximum absolute atomic E-state index is 12.2. The second kappa shape index (κ2) is 10.4. The monoisotopic (exact) mass is 458 g/mol. The maximum atomic E-state index is 12.2. The van der Waals surface area contributed by atoms with Gasteiger partial charge in [0.25, 0.3) is 5.91 Å². The molecule has 5 nitrogen and oxygen atoms in total. The molecule has 0 aliphatic carbocycles. The van der Waals surface area contributed by atoms with Crippen molar-refractivity contribution in [2.75, 3.05) is 24.4 Å². The fraction of sp³-hybridized carbons (Fsp3) is 0.208. The van der Waals surface area contributed by atoms with E-state index < -0.39 is 0 Å². The Bertz CT molecular complexity index is 1090. The van der Waals surface area contributed by atoms with Crippen molar-refractivity contribution in [3.8, 4) is 11.5 Å². The molecule has 0 heterocycles. The molecule has 162 valence electrons. The van der Waals surface area contributed by atoms with Gasteiger partial charge in [-0.1, -0.05) is 41.4 Å². The van der Waals surface area contributed by atoms with Crippen molar-refractivity contribution < 1.29 is 14.3 Å². The summed E-state index contributed by atoms with van der Waals surface area (Å²) in [5.41, 5.74) is 4.65. The lowest BCUT2D eigenvalue weighted by Gasteiger charge is -2.14. The van der Waals surface area contributed by atoms with Crippen LogP contribution in [-0.4, -0.2) is 19.6 Å². The summed E-state index contributed by atoms with van der Waals surface area (Å²) < 4.78 is 11.1. The van der Waals surface area contributed by atoms with Gasteiger partial charge in [-0.25, -0.2) is 0 Å². The summed E-state index contributed by atoms with van der Waals surface area (Å²) in [5, 5.41) is 7.41. The molecular weight excluding hydrogens is 435 g/mol. The van der Waals surface area contributed by atoms with E-state index in [2.05, 4.69) is 10.6 Å². The molecule has 3 aromatic carbocycles. The molecule has 0 saturated heterocycles. The highest BCUT2D eigenvalue weighted by molar-refractivity contribution is 6.31. The van der Waals surface area contributed by atoms with Crippen LogP contribution in [0.5, 0.6) is 11.5 Å². The summed E-state index contributed by atoms with van der Waals surface area (Å²) in [5.74, 6) is 0.750. The maximum Gasteiger partial charge on any atom is 0.262 e. The Balaban J connectivity index is 1.59. The van der Waals surface area contributed by atoms with Gasteiger partial charge in [-0.15, -0.1) is 0 Å². The highest BCUT2D eigenvalue weighted by atomic mass is 35.5. The van der Waals surface area contributed by atoms with E-state index in [1.54, 1.807) is 25.3 Å². The molecule has 2 N–H and O–H groups in total. The number of amides is 1. The van der Waals surface area contributed by atoms with E-state index >= 15 is 0 Å². The van der Waals surface area contributed by atoms with Crippen LogP contribution in [0.25, 0.3) is 0 Å². The van der Waals surface area contributed by atoms with Gasteiger partial charge in [-0.05, 0) is 66.9 Å². The minimum Gasteiger partial charge on any atom is -0.493 e. The van der Waals surface area contributed by atoms with Crippen LogP contribution in [0, 0.1) is 13.8 Å². The fourth-order valence-corrected chi connectivity index (χ4v) is 3.29. The van der Waals surface area contributed by atoms with E-state index in [1.165, 1.54) is 0 Å². The van der Waals surface area contributed by atoms with Crippen LogP contribution in [0.2, 0.25) is 10.0 Å². The SMILES string of the molecule is COc1cc(CNc2cc(Cl)ccc2C)ccc1OCC(=O)Nc1ccc(C)c(Cl)c1. The number of rotatable bonds is 8. The topological polar surface area (TPSA) is 59.6 Å². The summed E-state index contributed by atoms with van der Waals surface area (Å²) in [6, 6.07) is 16.7. The highest BCUT2D eigenvalue weighted by Crippen LogP contribution is 2.29. The van der Waals surface area contributed by atoms with Gasteiger partial charge >= 0.3 is 0 Å². The number of nitrogens with one attached hydrogen (secondary N) is 2. The average molecular weight is 459 g/mol. The second-order valence-corrected chi connectivity index (χ2v) is 7.94. The number of carbonyl (C=O) groups is 1. The van der Waals surface area contributed by atoms with E-state index in [0.29, 0.717) is 33.8 Å². The van der Waals surface area contributed by atoms with Crippen LogP contribution in [-0.2, 0) is 11.3 Å². The van der Waals surface area contributed by atoms with Crippen molar-refractivity contribution in [3.63, 3.8) is 0 Å². The molecule has 0 radical (unpaired) electrons. The zero-order valence-electron chi connectivity index (χ0n) is 17.6. The van der Waals surface area contributed by atoms with Crippen LogP contribution in [0.1, 0.15) is 16.7 Å². The van der Waals surface area contributed by atoms with Gasteiger partial charge in [0.2, 0.25) is 0 Å². The average Bonchev–Trinajstić information content (AvgIpc) is 2.75. The van der Waals surface area contributed by atoms with Crippen molar-refractivity contribution in [2.45, 2.75) is 20.4 Å². The zero-order chi connectivity index (χ0) is 22.4. The Hall–Kier alpha value is -2.89. The lowest BCUT2D eigenvalue weighted by atomic mass is 10.1. The predicted molar refractivity (Wildman–Crippen MR) is 127 cm³/mol. The zero-order valence-corrected chi connectivity index (χ0v) is 19.1. The van der Waals surface area contributed by atoms with Crippen molar-refractivity contribution in [2.24, 2.45) is 0 Å². The van der Waals surface area contributed by atoms with Gasteiger partial charge in [-0.2, -0.15) is 0 Å². The first-order valence-corrected chi connectivity index (χ1v) is 10.5. The molecule has 0 saturated carbocycles. The van der Waals surface area contributed by atoms with Gasteiger partial charge in [0.1, 0.15) is 0 Å². The van der Waals surface area contributed by atoms with Gasteiger partial charge < -0.3 is 20.1 Å².